The number of piperidine rings is 1. The number of ether oxygens (including phenoxy) is 3. The van der Waals surface area contributed by atoms with Crippen LogP contribution in [0.25, 0.3) is 0 Å². The van der Waals surface area contributed by atoms with Crippen LogP contribution < -0.4 is 5.32 Å². The van der Waals surface area contributed by atoms with Crippen molar-refractivity contribution in [3.63, 3.8) is 0 Å². The molecule has 2 heterocycles. The fourth-order valence-corrected chi connectivity index (χ4v) is 4.57. The molecule has 1 aliphatic heterocycles. The Labute approximate surface area is 186 Å². The van der Waals surface area contributed by atoms with E-state index in [9.17, 15) is 19.2 Å². The molecule has 0 aromatic carbocycles. The summed E-state index contributed by atoms with van der Waals surface area (Å²) in [6, 6.07) is 0. The number of anilines is 1. The fraction of sp³-hybridized carbons (Fsp3) is 0.619. The summed E-state index contributed by atoms with van der Waals surface area (Å²) in [7, 11) is 0. The van der Waals surface area contributed by atoms with Crippen LogP contribution in [-0.2, 0) is 23.8 Å². The highest BCUT2D eigenvalue weighted by Gasteiger charge is 2.30. The lowest BCUT2D eigenvalue weighted by atomic mass is 9.98. The Bertz CT molecular complexity index is 821. The van der Waals surface area contributed by atoms with Crippen molar-refractivity contribution < 1.29 is 33.4 Å². The minimum Gasteiger partial charge on any atom is -0.466 e. The van der Waals surface area contributed by atoms with Gasteiger partial charge in [0.15, 0.2) is 0 Å². The molecule has 0 saturated carbocycles. The number of hydrogen-bond donors (Lipinski definition) is 1. The first kappa shape index (κ1) is 24.8. The summed E-state index contributed by atoms with van der Waals surface area (Å²) in [4.78, 5) is 51.5. The summed E-state index contributed by atoms with van der Waals surface area (Å²) in [5, 5.41) is 2.99. The summed E-state index contributed by atoms with van der Waals surface area (Å²) in [5.74, 6) is -2.00. The van der Waals surface area contributed by atoms with Crippen molar-refractivity contribution in [2.75, 3.05) is 44.8 Å². The van der Waals surface area contributed by atoms with Crippen LogP contribution >= 0.6 is 11.3 Å². The summed E-state index contributed by atoms with van der Waals surface area (Å²) in [5.41, 5.74) is 0.573. The van der Waals surface area contributed by atoms with Gasteiger partial charge in [0.2, 0.25) is 5.91 Å². The molecule has 10 heteroatoms. The first-order valence-electron chi connectivity index (χ1n) is 10.5. The monoisotopic (exact) mass is 454 g/mol. The molecule has 0 spiro atoms. The van der Waals surface area contributed by atoms with Gasteiger partial charge in [-0.15, -0.1) is 11.3 Å². The van der Waals surface area contributed by atoms with E-state index in [1.807, 2.05) is 4.90 Å². The van der Waals surface area contributed by atoms with Gasteiger partial charge >= 0.3 is 17.9 Å². The molecule has 1 fully saturated rings. The van der Waals surface area contributed by atoms with Crippen molar-refractivity contribution in [1.82, 2.24) is 4.90 Å². The van der Waals surface area contributed by atoms with Crippen molar-refractivity contribution in [3.8, 4) is 0 Å². The first-order chi connectivity index (χ1) is 14.8. The van der Waals surface area contributed by atoms with Gasteiger partial charge in [-0.05, 0) is 52.6 Å². The van der Waals surface area contributed by atoms with E-state index >= 15 is 0 Å². The maximum atomic E-state index is 12.7. The fourth-order valence-electron chi connectivity index (χ4n) is 3.46. The Morgan fingerprint density at radius 1 is 1.03 bits per heavy atom. The molecular formula is C21H30N2O7S. The molecule has 1 unspecified atom stereocenters. The highest BCUT2D eigenvalue weighted by Crippen LogP contribution is 2.34. The minimum atomic E-state index is -0.609. The summed E-state index contributed by atoms with van der Waals surface area (Å²) < 4.78 is 15.2. The number of carbonyl (C=O) groups is 4. The predicted molar refractivity (Wildman–Crippen MR) is 115 cm³/mol. The van der Waals surface area contributed by atoms with Gasteiger partial charge in [-0.2, -0.15) is 0 Å². The molecule has 1 amide bonds. The Morgan fingerprint density at radius 3 is 2.32 bits per heavy atom. The average molecular weight is 455 g/mol. The quantitative estimate of drug-likeness (QED) is 0.448. The molecule has 1 aromatic heterocycles. The van der Waals surface area contributed by atoms with E-state index in [4.69, 9.17) is 14.2 Å². The lowest BCUT2D eigenvalue weighted by molar-refractivity contribution is -0.150. The van der Waals surface area contributed by atoms with Crippen LogP contribution in [0.4, 0.5) is 5.00 Å². The van der Waals surface area contributed by atoms with Crippen LogP contribution in [0.2, 0.25) is 0 Å². The van der Waals surface area contributed by atoms with Gasteiger partial charge < -0.3 is 19.5 Å². The van der Waals surface area contributed by atoms with Gasteiger partial charge in [-0.3, -0.25) is 14.5 Å². The lowest BCUT2D eigenvalue weighted by Gasteiger charge is -2.30. The van der Waals surface area contributed by atoms with Crippen LogP contribution in [-0.4, -0.2) is 68.2 Å². The third-order valence-corrected chi connectivity index (χ3v) is 6.02. The van der Waals surface area contributed by atoms with E-state index in [0.717, 1.165) is 24.2 Å². The predicted octanol–water partition coefficient (Wildman–Crippen LogP) is 2.62. The van der Waals surface area contributed by atoms with Crippen LogP contribution in [0.1, 0.15) is 59.2 Å². The highest BCUT2D eigenvalue weighted by molar-refractivity contribution is 7.18. The topological polar surface area (TPSA) is 111 Å². The standard InChI is InChI=1S/C21H30N2O7S/c1-5-28-19(25)14-9-8-10-23(11-14)12-15(24)22-18-16(20(26)29-6-2)13(4)17(31-18)21(27)30-7-3/h14H,5-12H2,1-4H3,(H,22,24). The van der Waals surface area contributed by atoms with Gasteiger partial charge in [0.1, 0.15) is 9.88 Å². The summed E-state index contributed by atoms with van der Waals surface area (Å²) in [6.07, 6.45) is 1.52. The molecule has 1 atom stereocenters. The van der Waals surface area contributed by atoms with Gasteiger partial charge in [0, 0.05) is 6.54 Å². The molecule has 9 nitrogen and oxygen atoms in total. The van der Waals surface area contributed by atoms with E-state index in [1.54, 1.807) is 27.7 Å². The molecular weight excluding hydrogens is 424 g/mol. The molecule has 1 N–H and O–H groups in total. The smallest absolute Gasteiger partial charge is 0.348 e. The van der Waals surface area contributed by atoms with Crippen LogP contribution in [0.3, 0.4) is 0 Å². The highest BCUT2D eigenvalue weighted by atomic mass is 32.1. The molecule has 1 aliphatic rings. The Balaban J connectivity index is 2.14. The van der Waals surface area contributed by atoms with Crippen molar-refractivity contribution in [2.24, 2.45) is 5.92 Å². The summed E-state index contributed by atoms with van der Waals surface area (Å²) in [6.45, 7) is 8.64. The lowest BCUT2D eigenvalue weighted by Crippen LogP contribution is -2.43. The zero-order valence-electron chi connectivity index (χ0n) is 18.4. The van der Waals surface area contributed by atoms with E-state index in [2.05, 4.69) is 5.32 Å². The van der Waals surface area contributed by atoms with Crippen molar-refractivity contribution >= 4 is 40.2 Å². The Kier molecular flexibility index (Phi) is 9.44. The van der Waals surface area contributed by atoms with Gasteiger partial charge in [0.25, 0.3) is 0 Å². The normalized spacial score (nSPS) is 16.5. The number of carbonyl (C=O) groups excluding carboxylic acids is 4. The van der Waals surface area contributed by atoms with Crippen molar-refractivity contribution in [1.29, 1.82) is 0 Å². The first-order valence-corrected chi connectivity index (χ1v) is 11.3. The van der Waals surface area contributed by atoms with Crippen molar-refractivity contribution in [3.05, 3.63) is 16.0 Å². The molecule has 1 saturated heterocycles. The number of nitrogens with one attached hydrogen (secondary N) is 1. The zero-order valence-corrected chi connectivity index (χ0v) is 19.3. The largest absolute Gasteiger partial charge is 0.466 e. The molecule has 0 radical (unpaired) electrons. The molecule has 1 aromatic rings. The van der Waals surface area contributed by atoms with Crippen LogP contribution in [0, 0.1) is 12.8 Å². The molecule has 0 aliphatic carbocycles. The van der Waals surface area contributed by atoms with Gasteiger partial charge in [-0.1, -0.05) is 0 Å². The number of amides is 1. The number of esters is 3. The minimum absolute atomic E-state index is 0.0594. The summed E-state index contributed by atoms with van der Waals surface area (Å²) >= 11 is 0.991. The number of rotatable bonds is 9. The maximum Gasteiger partial charge on any atom is 0.348 e. The second kappa shape index (κ2) is 11.8. The van der Waals surface area contributed by atoms with Crippen LogP contribution in [0.5, 0.6) is 0 Å². The van der Waals surface area contributed by atoms with E-state index in [1.165, 1.54) is 0 Å². The number of thiophene rings is 1. The second-order valence-electron chi connectivity index (χ2n) is 7.08. The molecule has 172 valence electrons. The zero-order chi connectivity index (χ0) is 23.0. The van der Waals surface area contributed by atoms with Gasteiger partial charge in [-0.25, -0.2) is 9.59 Å². The SMILES string of the molecule is CCOC(=O)c1sc(NC(=O)CN2CCCC(C(=O)OCC)C2)c(C(=O)OCC)c1C. The van der Waals surface area contributed by atoms with Crippen LogP contribution in [0.15, 0.2) is 0 Å². The number of likely N-dealkylation sites (tertiary alicyclic amines) is 1. The Hall–Kier alpha value is -2.46. The molecule has 31 heavy (non-hydrogen) atoms. The molecule has 0 bridgehead atoms. The van der Waals surface area contributed by atoms with E-state index in [-0.39, 0.29) is 53.0 Å². The number of nitrogens with zero attached hydrogens (tertiary/aromatic N) is 1. The van der Waals surface area contributed by atoms with E-state index in [0.29, 0.717) is 25.3 Å². The van der Waals surface area contributed by atoms with Crippen molar-refractivity contribution in [2.45, 2.75) is 40.5 Å². The van der Waals surface area contributed by atoms with E-state index < -0.39 is 11.9 Å². The average Bonchev–Trinajstić information content (AvgIpc) is 3.04. The third-order valence-electron chi connectivity index (χ3n) is 4.83. The van der Waals surface area contributed by atoms with Gasteiger partial charge in [0.05, 0.1) is 37.8 Å². The third kappa shape index (κ3) is 6.51. The maximum absolute atomic E-state index is 12.7. The second-order valence-corrected chi connectivity index (χ2v) is 8.10. The molecule has 2 rings (SSSR count). The number of hydrogen-bond acceptors (Lipinski definition) is 9. The Morgan fingerprint density at radius 2 is 1.68 bits per heavy atom.